The summed E-state index contributed by atoms with van der Waals surface area (Å²) in [5, 5.41) is 0. The molecule has 1 aliphatic carbocycles. The van der Waals surface area contributed by atoms with Crippen molar-refractivity contribution in [1.82, 2.24) is 0 Å². The zero-order valence-corrected chi connectivity index (χ0v) is 14.6. The molecule has 0 radical (unpaired) electrons. The van der Waals surface area contributed by atoms with Crippen LogP contribution in [-0.2, 0) is 38.1 Å². The molecule has 0 saturated carbocycles. The first kappa shape index (κ1) is 19.1. The minimum atomic E-state index is -1.16. The lowest BCUT2D eigenvalue weighted by molar-refractivity contribution is -0.193. The van der Waals surface area contributed by atoms with Gasteiger partial charge in [-0.05, 0) is 6.08 Å². The molecule has 0 fully saturated rings. The number of hydrogen-bond acceptors (Lipinski definition) is 8. The molecule has 8 nitrogen and oxygen atoms in total. The minimum absolute atomic E-state index is 0.327. The van der Waals surface area contributed by atoms with E-state index in [1.807, 2.05) is 0 Å². The van der Waals surface area contributed by atoms with E-state index in [1.54, 1.807) is 0 Å². The van der Waals surface area contributed by atoms with Gasteiger partial charge in [-0.25, -0.2) is 0 Å². The van der Waals surface area contributed by atoms with E-state index in [1.165, 1.54) is 19.9 Å². The lowest BCUT2D eigenvalue weighted by Gasteiger charge is -2.38. The van der Waals surface area contributed by atoms with Gasteiger partial charge in [-0.1, -0.05) is 15.9 Å². The van der Waals surface area contributed by atoms with Gasteiger partial charge < -0.3 is 18.9 Å². The van der Waals surface area contributed by atoms with Crippen LogP contribution in [0.25, 0.3) is 0 Å². The molecule has 1 rings (SSSR count). The predicted octanol–water partition coefficient (Wildman–Crippen LogP) is 1.01. The van der Waals surface area contributed by atoms with Crippen LogP contribution in [0.1, 0.15) is 27.7 Å². The van der Waals surface area contributed by atoms with Crippen LogP contribution in [0.2, 0.25) is 0 Å². The average molecular weight is 393 g/mol. The van der Waals surface area contributed by atoms with Crippen LogP contribution in [-0.4, -0.2) is 48.3 Å². The smallest absolute Gasteiger partial charge is 0.303 e. The third kappa shape index (κ3) is 5.66. The van der Waals surface area contributed by atoms with Crippen molar-refractivity contribution in [2.45, 2.75) is 52.1 Å². The third-order valence-electron chi connectivity index (χ3n) is 2.74. The number of hydrogen-bond donors (Lipinski definition) is 0. The summed E-state index contributed by atoms with van der Waals surface area (Å²) in [7, 11) is 0. The lowest BCUT2D eigenvalue weighted by atomic mass is 9.95. The third-order valence-corrected chi connectivity index (χ3v) is 3.46. The molecular weight excluding hydrogens is 376 g/mol. The molecule has 1 aliphatic rings. The Morgan fingerprint density at radius 1 is 0.783 bits per heavy atom. The SMILES string of the molecule is CC(=O)O[C@@H]1[C@@H](OC(C)=O)[C@H](OC(C)=O)C=C(Br)[C@H]1OC(C)=O. The fourth-order valence-electron chi connectivity index (χ4n) is 2.10. The maximum Gasteiger partial charge on any atom is 0.303 e. The van der Waals surface area contributed by atoms with E-state index in [4.69, 9.17) is 18.9 Å². The largest absolute Gasteiger partial charge is 0.454 e. The van der Waals surface area contributed by atoms with Crippen LogP contribution >= 0.6 is 15.9 Å². The summed E-state index contributed by atoms with van der Waals surface area (Å²) in [5.41, 5.74) is 0. The molecule has 0 bridgehead atoms. The van der Waals surface area contributed by atoms with Gasteiger partial charge in [0.05, 0.1) is 0 Å². The Hall–Kier alpha value is -1.90. The van der Waals surface area contributed by atoms with Gasteiger partial charge >= 0.3 is 23.9 Å². The van der Waals surface area contributed by atoms with Crippen molar-refractivity contribution in [1.29, 1.82) is 0 Å². The zero-order chi connectivity index (χ0) is 17.7. The van der Waals surface area contributed by atoms with Crippen molar-refractivity contribution >= 4 is 39.8 Å². The number of esters is 4. The van der Waals surface area contributed by atoms with Gasteiger partial charge in [-0.15, -0.1) is 0 Å². The molecule has 23 heavy (non-hydrogen) atoms. The maximum atomic E-state index is 11.4. The average Bonchev–Trinajstić information content (AvgIpc) is 2.36. The summed E-state index contributed by atoms with van der Waals surface area (Å²) in [5.74, 6) is -2.58. The molecule has 9 heteroatoms. The van der Waals surface area contributed by atoms with E-state index in [2.05, 4.69) is 15.9 Å². The molecule has 0 N–H and O–H groups in total. The fraction of sp³-hybridized carbons (Fsp3) is 0.571. The number of rotatable bonds is 4. The van der Waals surface area contributed by atoms with Gasteiger partial charge in [0, 0.05) is 32.2 Å². The molecule has 128 valence electrons. The summed E-state index contributed by atoms with van der Waals surface area (Å²) in [4.78, 5) is 45.2. The Bertz CT molecular complexity index is 541. The Labute approximate surface area is 141 Å². The molecule has 4 atom stereocenters. The Balaban J connectivity index is 3.25. The lowest BCUT2D eigenvalue weighted by Crippen LogP contribution is -2.54. The van der Waals surface area contributed by atoms with Gasteiger partial charge in [0.2, 0.25) is 0 Å². The predicted molar refractivity (Wildman–Crippen MR) is 79.2 cm³/mol. The molecule has 0 spiro atoms. The van der Waals surface area contributed by atoms with E-state index in [-0.39, 0.29) is 0 Å². The maximum absolute atomic E-state index is 11.4. The highest BCUT2D eigenvalue weighted by Crippen LogP contribution is 2.32. The van der Waals surface area contributed by atoms with Crippen LogP contribution in [0.5, 0.6) is 0 Å². The monoisotopic (exact) mass is 392 g/mol. The van der Waals surface area contributed by atoms with Crippen LogP contribution < -0.4 is 0 Å². The summed E-state index contributed by atoms with van der Waals surface area (Å²) in [6.07, 6.45) is -2.91. The van der Waals surface area contributed by atoms with Crippen LogP contribution in [0.4, 0.5) is 0 Å². The van der Waals surface area contributed by atoms with Crippen molar-refractivity contribution in [3.63, 3.8) is 0 Å². The highest BCUT2D eigenvalue weighted by atomic mass is 79.9. The van der Waals surface area contributed by atoms with Crippen LogP contribution in [0.15, 0.2) is 10.6 Å². The van der Waals surface area contributed by atoms with Crippen LogP contribution in [0.3, 0.4) is 0 Å². The minimum Gasteiger partial charge on any atom is -0.454 e. The highest BCUT2D eigenvalue weighted by Gasteiger charge is 2.47. The summed E-state index contributed by atoms with van der Waals surface area (Å²) in [6.45, 7) is 4.68. The fourth-order valence-corrected chi connectivity index (χ4v) is 2.72. The van der Waals surface area contributed by atoms with E-state index in [0.717, 1.165) is 13.8 Å². The second-order valence-corrected chi connectivity index (χ2v) is 5.72. The molecule has 0 heterocycles. The molecule has 0 aromatic rings. The van der Waals surface area contributed by atoms with Crippen molar-refractivity contribution < 1.29 is 38.1 Å². The summed E-state index contributed by atoms with van der Waals surface area (Å²) >= 11 is 3.20. The molecule has 0 saturated heterocycles. The summed E-state index contributed by atoms with van der Waals surface area (Å²) in [6, 6.07) is 0. The van der Waals surface area contributed by atoms with Gasteiger partial charge in [-0.3, -0.25) is 19.2 Å². The second kappa shape index (κ2) is 8.09. The zero-order valence-electron chi connectivity index (χ0n) is 13.0. The van der Waals surface area contributed by atoms with Crippen molar-refractivity contribution in [3.05, 3.63) is 10.6 Å². The molecule has 0 aromatic heterocycles. The molecule has 0 amide bonds. The Morgan fingerprint density at radius 2 is 1.22 bits per heavy atom. The number of carbonyl (C=O) groups excluding carboxylic acids is 4. The first-order chi connectivity index (χ1) is 10.6. The van der Waals surface area contributed by atoms with Crippen molar-refractivity contribution in [2.24, 2.45) is 0 Å². The van der Waals surface area contributed by atoms with Gasteiger partial charge in [0.1, 0.15) is 0 Å². The Morgan fingerprint density at radius 3 is 1.65 bits per heavy atom. The molecule has 0 aromatic carbocycles. The van der Waals surface area contributed by atoms with E-state index < -0.39 is 48.3 Å². The first-order valence-electron chi connectivity index (χ1n) is 6.68. The molecular formula is C14H17BrO8. The standard InChI is InChI=1S/C14H17BrO8/c1-6(16)20-11-5-10(15)12(21-7(2)17)14(23-9(4)19)13(11)22-8(3)18/h5,11-14H,1-4H3/t11-,12-,13+,14+/m1/s1. The summed E-state index contributed by atoms with van der Waals surface area (Å²) < 4.78 is 20.8. The van der Waals surface area contributed by atoms with Gasteiger partial charge in [0.25, 0.3) is 0 Å². The highest BCUT2D eigenvalue weighted by molar-refractivity contribution is 9.11. The number of halogens is 1. The van der Waals surface area contributed by atoms with Crippen molar-refractivity contribution in [2.75, 3.05) is 0 Å². The normalized spacial score (nSPS) is 26.6. The quantitative estimate of drug-likeness (QED) is 0.515. The number of carbonyl (C=O) groups is 4. The second-order valence-electron chi connectivity index (χ2n) is 4.80. The van der Waals surface area contributed by atoms with E-state index >= 15 is 0 Å². The van der Waals surface area contributed by atoms with Gasteiger partial charge in [-0.2, -0.15) is 0 Å². The van der Waals surface area contributed by atoms with E-state index in [0.29, 0.717) is 4.48 Å². The van der Waals surface area contributed by atoms with Crippen LogP contribution in [0, 0.1) is 0 Å². The topological polar surface area (TPSA) is 105 Å². The van der Waals surface area contributed by atoms with Crippen molar-refractivity contribution in [3.8, 4) is 0 Å². The van der Waals surface area contributed by atoms with Gasteiger partial charge in [0.15, 0.2) is 24.4 Å². The molecule has 0 unspecified atom stereocenters. The first-order valence-corrected chi connectivity index (χ1v) is 7.47. The number of ether oxygens (including phenoxy) is 4. The Kier molecular flexibility index (Phi) is 6.74. The van der Waals surface area contributed by atoms with E-state index in [9.17, 15) is 19.2 Å². The molecule has 0 aliphatic heterocycles.